The van der Waals surface area contributed by atoms with Gasteiger partial charge in [0, 0.05) is 10.9 Å². The number of halogens is 1. The van der Waals surface area contributed by atoms with Crippen molar-refractivity contribution in [3.8, 4) is 11.3 Å². The van der Waals surface area contributed by atoms with E-state index in [2.05, 4.69) is 0 Å². The number of carbonyl (C=O) groups is 1. The molecule has 90 valence electrons. The fraction of sp³-hybridized carbons (Fsp3) is 0.0714. The van der Waals surface area contributed by atoms with Gasteiger partial charge in [-0.15, -0.1) is 0 Å². The van der Waals surface area contributed by atoms with Crippen LogP contribution in [-0.4, -0.2) is 6.29 Å². The van der Waals surface area contributed by atoms with Gasteiger partial charge in [-0.1, -0.05) is 11.6 Å². The molecule has 0 aliphatic rings. The molecule has 0 atom stereocenters. The first-order chi connectivity index (χ1) is 8.67. The summed E-state index contributed by atoms with van der Waals surface area (Å²) in [5, 5.41) is 1.44. The van der Waals surface area contributed by atoms with E-state index in [9.17, 15) is 4.79 Å². The Morgan fingerprint density at radius 1 is 1.17 bits per heavy atom. The maximum Gasteiger partial charge on any atom is 0.185 e. The lowest BCUT2D eigenvalue weighted by molar-refractivity contribution is 0.110. The minimum atomic E-state index is 0.296. The Morgan fingerprint density at radius 3 is 2.72 bits per heavy atom. The van der Waals surface area contributed by atoms with Crippen molar-refractivity contribution in [1.29, 1.82) is 0 Å². The first kappa shape index (κ1) is 11.1. The predicted molar refractivity (Wildman–Crippen MR) is 69.1 cm³/mol. The van der Waals surface area contributed by atoms with Crippen molar-refractivity contribution >= 4 is 28.9 Å². The van der Waals surface area contributed by atoms with Crippen molar-refractivity contribution in [2.24, 2.45) is 0 Å². The normalized spacial score (nSPS) is 11.0. The summed E-state index contributed by atoms with van der Waals surface area (Å²) in [5.74, 6) is 1.71. The Kier molecular flexibility index (Phi) is 2.49. The Hall–Kier alpha value is -2.00. The van der Waals surface area contributed by atoms with E-state index in [4.69, 9.17) is 20.4 Å². The summed E-state index contributed by atoms with van der Waals surface area (Å²) in [6.07, 6.45) is 0.672. The maximum atomic E-state index is 10.6. The summed E-state index contributed by atoms with van der Waals surface area (Å²) in [6.45, 7) is 1.87. The zero-order chi connectivity index (χ0) is 12.7. The summed E-state index contributed by atoms with van der Waals surface area (Å²) in [4.78, 5) is 10.6. The number of hydrogen-bond donors (Lipinski definition) is 0. The van der Waals surface area contributed by atoms with Crippen molar-refractivity contribution in [3.05, 3.63) is 46.9 Å². The number of rotatable bonds is 2. The van der Waals surface area contributed by atoms with Gasteiger partial charge < -0.3 is 8.83 Å². The van der Waals surface area contributed by atoms with Crippen LogP contribution in [0.15, 0.2) is 39.2 Å². The van der Waals surface area contributed by atoms with Crippen molar-refractivity contribution in [3.63, 3.8) is 0 Å². The number of fused-ring (bicyclic) bond motifs is 1. The molecule has 0 unspecified atom stereocenters. The van der Waals surface area contributed by atoms with Crippen molar-refractivity contribution < 1.29 is 13.6 Å². The quantitative estimate of drug-likeness (QED) is 0.639. The van der Waals surface area contributed by atoms with Gasteiger partial charge in [0.1, 0.15) is 11.5 Å². The summed E-state index contributed by atoms with van der Waals surface area (Å²) < 4.78 is 10.9. The molecule has 0 amide bonds. The minimum absolute atomic E-state index is 0.296. The van der Waals surface area contributed by atoms with E-state index in [-0.39, 0.29) is 0 Å². The van der Waals surface area contributed by atoms with E-state index < -0.39 is 0 Å². The molecule has 0 N–H and O–H groups in total. The first-order valence-corrected chi connectivity index (χ1v) is 5.80. The number of aryl methyl sites for hydroxylation is 1. The molecule has 0 saturated carbocycles. The Bertz CT molecular complexity index is 737. The smallest absolute Gasteiger partial charge is 0.185 e. The number of carbonyl (C=O) groups excluding carboxylic acids is 1. The molecule has 1 aromatic carbocycles. The van der Waals surface area contributed by atoms with E-state index >= 15 is 0 Å². The average molecular weight is 261 g/mol. The molecule has 0 fully saturated rings. The molecular weight excluding hydrogens is 252 g/mol. The zero-order valence-electron chi connectivity index (χ0n) is 9.57. The lowest BCUT2D eigenvalue weighted by Crippen LogP contribution is -1.76. The molecule has 4 heteroatoms. The Labute approximate surface area is 108 Å². The van der Waals surface area contributed by atoms with Gasteiger partial charge >= 0.3 is 0 Å². The fourth-order valence-corrected chi connectivity index (χ4v) is 2.22. The van der Waals surface area contributed by atoms with Gasteiger partial charge in [-0.05, 0) is 37.3 Å². The molecule has 3 aromatic rings. The van der Waals surface area contributed by atoms with Crippen LogP contribution >= 0.6 is 11.6 Å². The van der Waals surface area contributed by atoms with E-state index in [1.165, 1.54) is 0 Å². The Balaban J connectivity index is 2.20. The van der Waals surface area contributed by atoms with Crippen LogP contribution in [0.4, 0.5) is 0 Å². The summed E-state index contributed by atoms with van der Waals surface area (Å²) >= 11 is 6.16. The van der Waals surface area contributed by atoms with Crippen LogP contribution in [0.3, 0.4) is 0 Å². The molecule has 2 heterocycles. The molecule has 0 aliphatic carbocycles. The van der Waals surface area contributed by atoms with Crippen LogP contribution in [-0.2, 0) is 0 Å². The monoisotopic (exact) mass is 260 g/mol. The van der Waals surface area contributed by atoms with Crippen LogP contribution in [0.25, 0.3) is 22.3 Å². The topological polar surface area (TPSA) is 43.4 Å². The second kappa shape index (κ2) is 4.03. The molecule has 18 heavy (non-hydrogen) atoms. The molecule has 3 rings (SSSR count). The van der Waals surface area contributed by atoms with Crippen molar-refractivity contribution in [2.45, 2.75) is 6.92 Å². The highest BCUT2D eigenvalue weighted by atomic mass is 35.5. The van der Waals surface area contributed by atoms with Crippen LogP contribution < -0.4 is 0 Å². The number of benzene rings is 1. The SMILES string of the molecule is Cc1cc2cc(-c3ccc(C=O)o3)cc(Cl)c2o1. The summed E-state index contributed by atoms with van der Waals surface area (Å²) in [6, 6.07) is 8.97. The third kappa shape index (κ3) is 1.73. The highest BCUT2D eigenvalue weighted by molar-refractivity contribution is 6.35. The number of aldehydes is 1. The second-order valence-electron chi connectivity index (χ2n) is 4.05. The molecule has 0 radical (unpaired) electrons. The van der Waals surface area contributed by atoms with E-state index in [1.54, 1.807) is 18.2 Å². The molecule has 0 saturated heterocycles. The second-order valence-corrected chi connectivity index (χ2v) is 4.46. The van der Waals surface area contributed by atoms with E-state index in [0.29, 0.717) is 28.4 Å². The molecular formula is C14H9ClO3. The Morgan fingerprint density at radius 2 is 2.00 bits per heavy atom. The van der Waals surface area contributed by atoms with Crippen LogP contribution in [0.1, 0.15) is 16.3 Å². The van der Waals surface area contributed by atoms with Gasteiger partial charge in [0.2, 0.25) is 0 Å². The lowest BCUT2D eigenvalue weighted by atomic mass is 10.1. The largest absolute Gasteiger partial charge is 0.460 e. The summed E-state index contributed by atoms with van der Waals surface area (Å²) in [7, 11) is 0. The first-order valence-electron chi connectivity index (χ1n) is 5.42. The summed E-state index contributed by atoms with van der Waals surface area (Å²) in [5.41, 5.74) is 1.49. The molecule has 0 bridgehead atoms. The fourth-order valence-electron chi connectivity index (χ4n) is 1.95. The van der Waals surface area contributed by atoms with Gasteiger partial charge in [-0.2, -0.15) is 0 Å². The third-order valence-electron chi connectivity index (χ3n) is 2.72. The highest BCUT2D eigenvalue weighted by Crippen LogP contribution is 2.33. The molecule has 0 spiro atoms. The lowest BCUT2D eigenvalue weighted by Gasteiger charge is -1.99. The zero-order valence-corrected chi connectivity index (χ0v) is 10.3. The highest BCUT2D eigenvalue weighted by Gasteiger charge is 2.11. The maximum absolute atomic E-state index is 10.6. The van der Waals surface area contributed by atoms with Gasteiger partial charge in [0.05, 0.1) is 5.02 Å². The van der Waals surface area contributed by atoms with Gasteiger partial charge in [-0.25, -0.2) is 0 Å². The van der Waals surface area contributed by atoms with Gasteiger partial charge in [0.25, 0.3) is 0 Å². The third-order valence-corrected chi connectivity index (χ3v) is 3.00. The molecule has 0 aliphatic heterocycles. The van der Waals surface area contributed by atoms with Gasteiger partial charge in [0.15, 0.2) is 17.6 Å². The standard InChI is InChI=1S/C14H9ClO3/c1-8-4-10-5-9(6-12(15)14(10)17-8)13-3-2-11(7-16)18-13/h2-7H,1H3. The van der Waals surface area contributed by atoms with Crippen LogP contribution in [0.2, 0.25) is 5.02 Å². The van der Waals surface area contributed by atoms with Crippen molar-refractivity contribution in [1.82, 2.24) is 0 Å². The molecule has 3 nitrogen and oxygen atoms in total. The predicted octanol–water partition coefficient (Wildman–Crippen LogP) is 4.47. The van der Waals surface area contributed by atoms with Crippen molar-refractivity contribution in [2.75, 3.05) is 0 Å². The minimum Gasteiger partial charge on any atom is -0.460 e. The van der Waals surface area contributed by atoms with E-state index in [0.717, 1.165) is 16.7 Å². The number of hydrogen-bond acceptors (Lipinski definition) is 3. The van der Waals surface area contributed by atoms with Crippen LogP contribution in [0, 0.1) is 6.92 Å². The van der Waals surface area contributed by atoms with E-state index in [1.807, 2.05) is 19.1 Å². The number of furan rings is 2. The van der Waals surface area contributed by atoms with Gasteiger partial charge in [-0.3, -0.25) is 4.79 Å². The van der Waals surface area contributed by atoms with Crippen LogP contribution in [0.5, 0.6) is 0 Å². The molecule has 2 aromatic heterocycles. The average Bonchev–Trinajstić information content (AvgIpc) is 2.94.